The molecule has 1 fully saturated rings. The first-order valence-corrected chi connectivity index (χ1v) is 5.64. The fraction of sp³-hybridized carbons (Fsp3) is 0.571. The summed E-state index contributed by atoms with van der Waals surface area (Å²) in [5, 5.41) is 6.29. The molecule has 1 saturated heterocycles. The molecule has 1 N–H and O–H groups in total. The van der Waals surface area contributed by atoms with Gasteiger partial charge >= 0.3 is 0 Å². The van der Waals surface area contributed by atoms with Crippen LogP contribution in [0.5, 0.6) is 0 Å². The number of nitrogens with one attached hydrogen (secondary N) is 1. The largest absolute Gasteiger partial charge is 0.364 e. The van der Waals surface area contributed by atoms with Crippen LogP contribution >= 0.6 is 0 Å². The summed E-state index contributed by atoms with van der Waals surface area (Å²) >= 11 is 0. The predicted molar refractivity (Wildman–Crippen MR) is 48.0 cm³/mol. The molecule has 78 valence electrons. The first-order valence-electron chi connectivity index (χ1n) is 4.20. The fourth-order valence-electron chi connectivity index (χ4n) is 1.33. The van der Waals surface area contributed by atoms with Gasteiger partial charge in [0.25, 0.3) is 0 Å². The minimum absolute atomic E-state index is 0.132. The van der Waals surface area contributed by atoms with Gasteiger partial charge in [-0.25, -0.2) is 8.42 Å². The Balaban J connectivity index is 2.37. The number of nitrogens with zero attached hydrogens (tertiary/aromatic N) is 2. The van der Waals surface area contributed by atoms with Crippen LogP contribution in [0.4, 0.5) is 0 Å². The second-order valence-electron chi connectivity index (χ2n) is 3.08. The van der Waals surface area contributed by atoms with Crippen LogP contribution in [0.3, 0.4) is 0 Å². The van der Waals surface area contributed by atoms with Crippen molar-refractivity contribution in [3.63, 3.8) is 0 Å². The SMILES string of the molecule is Cc1[nH]ncc1S(=O)(=O)N1CCOC1. The zero-order valence-corrected chi connectivity index (χ0v) is 8.54. The molecule has 0 aliphatic carbocycles. The van der Waals surface area contributed by atoms with E-state index in [0.29, 0.717) is 18.8 Å². The van der Waals surface area contributed by atoms with Gasteiger partial charge in [0.1, 0.15) is 11.6 Å². The van der Waals surface area contributed by atoms with E-state index in [1.165, 1.54) is 10.5 Å². The van der Waals surface area contributed by atoms with Crippen molar-refractivity contribution in [2.75, 3.05) is 19.9 Å². The maximum Gasteiger partial charge on any atom is 0.248 e. The van der Waals surface area contributed by atoms with Gasteiger partial charge in [0.15, 0.2) is 0 Å². The zero-order valence-electron chi connectivity index (χ0n) is 7.73. The molecule has 0 unspecified atom stereocenters. The summed E-state index contributed by atoms with van der Waals surface area (Å²) < 4.78 is 30.1. The molecule has 0 aromatic carbocycles. The Morgan fingerprint density at radius 1 is 1.64 bits per heavy atom. The van der Waals surface area contributed by atoms with Crippen molar-refractivity contribution in [3.8, 4) is 0 Å². The molecule has 1 aromatic heterocycles. The molecule has 0 radical (unpaired) electrons. The van der Waals surface area contributed by atoms with Crippen molar-refractivity contribution < 1.29 is 13.2 Å². The Kier molecular flexibility index (Phi) is 2.30. The minimum Gasteiger partial charge on any atom is -0.364 e. The summed E-state index contributed by atoms with van der Waals surface area (Å²) in [6.07, 6.45) is 1.32. The van der Waals surface area contributed by atoms with Gasteiger partial charge in [-0.05, 0) is 6.92 Å². The molecule has 1 aliphatic rings. The van der Waals surface area contributed by atoms with Crippen LogP contribution in [0.1, 0.15) is 5.69 Å². The average molecular weight is 217 g/mol. The lowest BCUT2D eigenvalue weighted by molar-refractivity contribution is 0.172. The van der Waals surface area contributed by atoms with Crippen LogP contribution in [0, 0.1) is 6.92 Å². The van der Waals surface area contributed by atoms with Gasteiger partial charge < -0.3 is 4.74 Å². The van der Waals surface area contributed by atoms with E-state index >= 15 is 0 Å². The summed E-state index contributed by atoms with van der Waals surface area (Å²) in [5.41, 5.74) is 0.553. The summed E-state index contributed by atoms with van der Waals surface area (Å²) in [4.78, 5) is 0.225. The van der Waals surface area contributed by atoms with Gasteiger partial charge in [-0.3, -0.25) is 5.10 Å². The Hall–Kier alpha value is -0.920. The number of ether oxygens (including phenoxy) is 1. The molecule has 0 atom stereocenters. The van der Waals surface area contributed by atoms with E-state index in [1.807, 2.05) is 0 Å². The molecule has 1 aromatic rings. The highest BCUT2D eigenvalue weighted by atomic mass is 32.2. The van der Waals surface area contributed by atoms with Gasteiger partial charge in [-0.2, -0.15) is 9.40 Å². The van der Waals surface area contributed by atoms with Crippen LogP contribution in [-0.4, -0.2) is 42.8 Å². The number of aromatic amines is 1. The fourth-order valence-corrected chi connectivity index (χ4v) is 2.75. The zero-order chi connectivity index (χ0) is 10.2. The topological polar surface area (TPSA) is 75.3 Å². The molecule has 0 bridgehead atoms. The Labute approximate surface area is 81.9 Å². The van der Waals surface area contributed by atoms with E-state index in [-0.39, 0.29) is 11.6 Å². The lowest BCUT2D eigenvalue weighted by atomic mass is 10.5. The Morgan fingerprint density at radius 3 is 2.93 bits per heavy atom. The Bertz CT molecular complexity index is 419. The molecule has 14 heavy (non-hydrogen) atoms. The van der Waals surface area contributed by atoms with Gasteiger partial charge in [-0.1, -0.05) is 0 Å². The molecular formula is C7H11N3O3S. The average Bonchev–Trinajstić information content (AvgIpc) is 2.72. The first kappa shape index (κ1) is 9.63. The molecule has 0 amide bonds. The van der Waals surface area contributed by atoms with Crippen LogP contribution in [0.2, 0.25) is 0 Å². The van der Waals surface area contributed by atoms with Crippen molar-refractivity contribution in [2.45, 2.75) is 11.8 Å². The van der Waals surface area contributed by atoms with Gasteiger partial charge in [-0.15, -0.1) is 0 Å². The van der Waals surface area contributed by atoms with Crippen molar-refractivity contribution in [1.29, 1.82) is 0 Å². The molecule has 6 nitrogen and oxygen atoms in total. The van der Waals surface area contributed by atoms with Crippen LogP contribution < -0.4 is 0 Å². The maximum atomic E-state index is 11.9. The second kappa shape index (κ2) is 3.34. The molecule has 2 heterocycles. The van der Waals surface area contributed by atoms with E-state index in [2.05, 4.69) is 10.2 Å². The highest BCUT2D eigenvalue weighted by Crippen LogP contribution is 2.19. The highest BCUT2D eigenvalue weighted by Gasteiger charge is 2.29. The third kappa shape index (κ3) is 1.43. The number of sulfonamides is 1. The lowest BCUT2D eigenvalue weighted by Crippen LogP contribution is -2.28. The number of hydrogen-bond acceptors (Lipinski definition) is 4. The van der Waals surface area contributed by atoms with E-state index < -0.39 is 10.0 Å². The Morgan fingerprint density at radius 2 is 2.43 bits per heavy atom. The van der Waals surface area contributed by atoms with Crippen molar-refractivity contribution >= 4 is 10.0 Å². The summed E-state index contributed by atoms with van der Waals surface area (Å²) in [6.45, 7) is 2.67. The molecule has 1 aliphatic heterocycles. The third-order valence-corrected chi connectivity index (χ3v) is 4.06. The summed E-state index contributed by atoms with van der Waals surface area (Å²) in [6, 6.07) is 0. The number of aryl methyl sites for hydroxylation is 1. The third-order valence-electron chi connectivity index (χ3n) is 2.12. The standard InChI is InChI=1S/C7H11N3O3S/c1-6-7(4-8-9-6)14(11,12)10-2-3-13-5-10/h4H,2-3,5H2,1H3,(H,8,9). The monoisotopic (exact) mass is 217 g/mol. The first-order chi connectivity index (χ1) is 6.62. The molecule has 0 saturated carbocycles. The number of rotatable bonds is 2. The highest BCUT2D eigenvalue weighted by molar-refractivity contribution is 7.89. The van der Waals surface area contributed by atoms with Crippen LogP contribution in [0.25, 0.3) is 0 Å². The predicted octanol–water partition coefficient (Wildman–Crippen LogP) is -0.303. The molecular weight excluding hydrogens is 206 g/mol. The molecule has 2 rings (SSSR count). The van der Waals surface area contributed by atoms with E-state index in [9.17, 15) is 8.42 Å². The van der Waals surface area contributed by atoms with E-state index in [0.717, 1.165) is 0 Å². The quantitative estimate of drug-likeness (QED) is 0.737. The smallest absolute Gasteiger partial charge is 0.248 e. The lowest BCUT2D eigenvalue weighted by Gasteiger charge is -2.12. The van der Waals surface area contributed by atoms with Gasteiger partial charge in [0.2, 0.25) is 10.0 Å². The van der Waals surface area contributed by atoms with Crippen LogP contribution in [0.15, 0.2) is 11.1 Å². The van der Waals surface area contributed by atoms with E-state index in [4.69, 9.17) is 4.74 Å². The molecule has 7 heteroatoms. The number of H-pyrrole nitrogens is 1. The van der Waals surface area contributed by atoms with Gasteiger partial charge in [0.05, 0.1) is 18.5 Å². The van der Waals surface area contributed by atoms with Crippen molar-refractivity contribution in [1.82, 2.24) is 14.5 Å². The normalized spacial score (nSPS) is 18.9. The summed E-state index contributed by atoms with van der Waals surface area (Å²) in [5.74, 6) is 0. The second-order valence-corrected chi connectivity index (χ2v) is 4.98. The van der Waals surface area contributed by atoms with Crippen molar-refractivity contribution in [3.05, 3.63) is 11.9 Å². The number of hydrogen-bond donors (Lipinski definition) is 1. The molecule has 0 spiro atoms. The minimum atomic E-state index is -3.41. The number of aromatic nitrogens is 2. The van der Waals surface area contributed by atoms with Crippen LogP contribution in [-0.2, 0) is 14.8 Å². The maximum absolute atomic E-state index is 11.9. The van der Waals surface area contributed by atoms with E-state index in [1.54, 1.807) is 6.92 Å². The summed E-state index contributed by atoms with van der Waals surface area (Å²) in [7, 11) is -3.41. The van der Waals surface area contributed by atoms with Crippen molar-refractivity contribution in [2.24, 2.45) is 0 Å². The van der Waals surface area contributed by atoms with Gasteiger partial charge in [0, 0.05) is 6.54 Å².